The second kappa shape index (κ2) is 6.11. The average molecular weight is 317 g/mol. The van der Waals surface area contributed by atoms with Crippen LogP contribution < -0.4 is 5.73 Å². The van der Waals surface area contributed by atoms with Crippen molar-refractivity contribution in [2.24, 2.45) is 5.73 Å². The summed E-state index contributed by atoms with van der Waals surface area (Å²) in [5.41, 5.74) is 5.62. The van der Waals surface area contributed by atoms with Gasteiger partial charge in [-0.2, -0.15) is 4.31 Å². The highest BCUT2D eigenvalue weighted by Gasteiger charge is 2.36. The second-order valence-electron chi connectivity index (χ2n) is 5.51. The Morgan fingerprint density at radius 2 is 2.20 bits per heavy atom. The molecule has 1 aliphatic rings. The summed E-state index contributed by atoms with van der Waals surface area (Å²) >= 11 is 1.47. The summed E-state index contributed by atoms with van der Waals surface area (Å²) in [6.45, 7) is 3.64. The highest BCUT2D eigenvalue weighted by atomic mass is 32.2. The van der Waals surface area contributed by atoms with Crippen LogP contribution in [0.2, 0.25) is 0 Å². The van der Waals surface area contributed by atoms with E-state index in [2.05, 4.69) is 0 Å². The normalized spacial score (nSPS) is 20.9. The van der Waals surface area contributed by atoms with Crippen molar-refractivity contribution in [3.8, 4) is 0 Å². The highest BCUT2D eigenvalue weighted by molar-refractivity contribution is 7.89. The van der Waals surface area contributed by atoms with Crippen molar-refractivity contribution >= 4 is 21.4 Å². The summed E-state index contributed by atoms with van der Waals surface area (Å²) < 4.78 is 27.4. The predicted molar refractivity (Wildman–Crippen MR) is 82.4 cm³/mol. The minimum atomic E-state index is -3.39. The minimum Gasteiger partial charge on any atom is -0.326 e. The van der Waals surface area contributed by atoms with E-state index in [0.29, 0.717) is 18.0 Å². The van der Waals surface area contributed by atoms with Crippen molar-refractivity contribution < 1.29 is 8.42 Å². The van der Waals surface area contributed by atoms with Crippen LogP contribution in [-0.2, 0) is 16.6 Å². The fraction of sp³-hybridized carbons (Fsp3) is 0.692. The lowest BCUT2D eigenvalue weighted by atomic mass is 10.2. The third kappa shape index (κ3) is 3.07. The maximum absolute atomic E-state index is 12.8. The van der Waals surface area contributed by atoms with Gasteiger partial charge in [0.2, 0.25) is 10.0 Å². The molecule has 0 radical (unpaired) electrons. The van der Waals surface area contributed by atoms with E-state index in [1.165, 1.54) is 11.3 Å². The van der Waals surface area contributed by atoms with Crippen molar-refractivity contribution in [2.75, 3.05) is 27.2 Å². The summed E-state index contributed by atoms with van der Waals surface area (Å²) in [7, 11) is 0.563. The van der Waals surface area contributed by atoms with Crippen molar-refractivity contribution in [2.45, 2.75) is 37.2 Å². The molecular formula is C13H23N3O2S2. The molecule has 1 aromatic heterocycles. The fourth-order valence-electron chi connectivity index (χ4n) is 2.74. The first kappa shape index (κ1) is 15.9. The van der Waals surface area contributed by atoms with Gasteiger partial charge in [-0.1, -0.05) is 0 Å². The molecule has 1 fully saturated rings. The number of nitrogens with zero attached hydrogens (tertiary/aromatic N) is 2. The van der Waals surface area contributed by atoms with Crippen LogP contribution in [0.1, 0.15) is 22.6 Å². The number of sulfonamides is 1. The number of likely N-dealkylation sites (N-methyl/N-ethyl adjacent to an activating group) is 1. The third-order valence-electron chi connectivity index (χ3n) is 3.61. The number of thiophene rings is 1. The quantitative estimate of drug-likeness (QED) is 0.887. The van der Waals surface area contributed by atoms with Crippen molar-refractivity contribution in [1.82, 2.24) is 9.21 Å². The number of aryl methyl sites for hydroxylation is 1. The van der Waals surface area contributed by atoms with Gasteiger partial charge in [0.25, 0.3) is 0 Å². The van der Waals surface area contributed by atoms with Crippen LogP contribution >= 0.6 is 11.3 Å². The topological polar surface area (TPSA) is 66.6 Å². The van der Waals surface area contributed by atoms with Crippen LogP contribution in [0, 0.1) is 6.92 Å². The molecular weight excluding hydrogens is 294 g/mol. The van der Waals surface area contributed by atoms with E-state index >= 15 is 0 Å². The van der Waals surface area contributed by atoms with Gasteiger partial charge in [-0.15, -0.1) is 11.3 Å². The molecule has 0 amide bonds. The van der Waals surface area contributed by atoms with Crippen LogP contribution in [0.25, 0.3) is 0 Å². The Morgan fingerprint density at radius 1 is 1.50 bits per heavy atom. The largest absolute Gasteiger partial charge is 0.326 e. The predicted octanol–water partition coefficient (Wildman–Crippen LogP) is 1.23. The Balaban J connectivity index is 2.31. The Hall–Kier alpha value is -0.470. The standard InChI is InChI=1S/C13H23N3O2S2/c1-10-13(7-12(8-14)19-10)20(17,18)16-6-4-5-11(16)9-15(2)3/h7,11H,4-6,8-9,14H2,1-3H3. The van der Waals surface area contributed by atoms with Gasteiger partial charge >= 0.3 is 0 Å². The van der Waals surface area contributed by atoms with Crippen molar-refractivity contribution in [1.29, 1.82) is 0 Å². The van der Waals surface area contributed by atoms with E-state index in [4.69, 9.17) is 5.73 Å². The van der Waals surface area contributed by atoms with Gasteiger partial charge < -0.3 is 10.6 Å². The van der Waals surface area contributed by atoms with E-state index in [0.717, 1.165) is 29.1 Å². The molecule has 0 aromatic carbocycles. The summed E-state index contributed by atoms with van der Waals surface area (Å²) in [5, 5.41) is 0. The van der Waals surface area contributed by atoms with Crippen molar-refractivity contribution in [3.63, 3.8) is 0 Å². The number of nitrogens with two attached hydrogens (primary N) is 1. The smallest absolute Gasteiger partial charge is 0.244 e. The monoisotopic (exact) mass is 317 g/mol. The molecule has 2 N–H and O–H groups in total. The van der Waals surface area contributed by atoms with Gasteiger partial charge in [0.1, 0.15) is 0 Å². The van der Waals surface area contributed by atoms with Gasteiger partial charge in [0.05, 0.1) is 4.90 Å². The summed E-state index contributed by atoms with van der Waals surface area (Å²) in [6, 6.07) is 1.82. The molecule has 0 bridgehead atoms. The minimum absolute atomic E-state index is 0.0793. The van der Waals surface area contributed by atoms with Gasteiger partial charge in [-0.05, 0) is 39.9 Å². The molecule has 2 rings (SSSR count). The van der Waals surface area contributed by atoms with E-state index in [9.17, 15) is 8.42 Å². The molecule has 1 atom stereocenters. The molecule has 5 nitrogen and oxygen atoms in total. The average Bonchev–Trinajstić information content (AvgIpc) is 2.95. The molecule has 0 spiro atoms. The van der Waals surface area contributed by atoms with Gasteiger partial charge in [-0.3, -0.25) is 0 Å². The van der Waals surface area contributed by atoms with Crippen LogP contribution in [0.15, 0.2) is 11.0 Å². The molecule has 114 valence electrons. The molecule has 0 aliphatic carbocycles. The van der Waals surface area contributed by atoms with E-state index in [-0.39, 0.29) is 6.04 Å². The first-order valence-corrected chi connectivity index (χ1v) is 9.08. The Kier molecular flexibility index (Phi) is 4.86. The lowest BCUT2D eigenvalue weighted by molar-refractivity contribution is 0.291. The highest BCUT2D eigenvalue weighted by Crippen LogP contribution is 2.32. The zero-order valence-corrected chi connectivity index (χ0v) is 13.9. The maximum atomic E-state index is 12.8. The summed E-state index contributed by atoms with van der Waals surface area (Å²) in [5.74, 6) is 0. The lowest BCUT2D eigenvalue weighted by Crippen LogP contribution is -2.41. The Morgan fingerprint density at radius 3 is 2.75 bits per heavy atom. The molecule has 20 heavy (non-hydrogen) atoms. The Labute approximate surface area is 125 Å². The van der Waals surface area contributed by atoms with E-state index in [1.54, 1.807) is 10.4 Å². The molecule has 2 heterocycles. The molecule has 1 aliphatic heterocycles. The van der Waals surface area contributed by atoms with Gasteiger partial charge in [0, 0.05) is 35.4 Å². The summed E-state index contributed by atoms with van der Waals surface area (Å²) in [4.78, 5) is 4.24. The summed E-state index contributed by atoms with van der Waals surface area (Å²) in [6.07, 6.45) is 1.87. The fourth-order valence-corrected chi connectivity index (χ4v) is 5.91. The van der Waals surface area contributed by atoms with E-state index < -0.39 is 10.0 Å². The van der Waals surface area contributed by atoms with Crippen molar-refractivity contribution in [3.05, 3.63) is 15.8 Å². The van der Waals surface area contributed by atoms with Gasteiger partial charge in [-0.25, -0.2) is 8.42 Å². The molecule has 7 heteroatoms. The SMILES string of the molecule is Cc1sc(CN)cc1S(=O)(=O)N1CCCC1CN(C)C. The maximum Gasteiger partial charge on any atom is 0.244 e. The molecule has 1 unspecified atom stereocenters. The van der Waals surface area contributed by atoms with Gasteiger partial charge in [0.15, 0.2) is 0 Å². The number of rotatable bonds is 5. The second-order valence-corrected chi connectivity index (χ2v) is 8.71. The first-order valence-electron chi connectivity index (χ1n) is 6.82. The van der Waals surface area contributed by atoms with Crippen LogP contribution in [0.3, 0.4) is 0 Å². The molecule has 0 saturated carbocycles. The van der Waals surface area contributed by atoms with Crippen LogP contribution in [0.4, 0.5) is 0 Å². The molecule has 1 aromatic rings. The van der Waals surface area contributed by atoms with Crippen LogP contribution in [-0.4, -0.2) is 50.8 Å². The van der Waals surface area contributed by atoms with E-state index in [1.807, 2.05) is 25.9 Å². The zero-order chi connectivity index (χ0) is 14.9. The zero-order valence-electron chi connectivity index (χ0n) is 12.3. The Bertz CT molecular complexity index is 566. The first-order chi connectivity index (χ1) is 9.36. The number of hydrogen-bond donors (Lipinski definition) is 1. The lowest BCUT2D eigenvalue weighted by Gasteiger charge is -2.26. The van der Waals surface area contributed by atoms with Crippen LogP contribution in [0.5, 0.6) is 0 Å². The number of hydrogen-bond acceptors (Lipinski definition) is 5. The molecule has 1 saturated heterocycles. The third-order valence-corrected chi connectivity index (χ3v) is 6.89.